The summed E-state index contributed by atoms with van der Waals surface area (Å²) in [5, 5.41) is 9.77. The van der Waals surface area contributed by atoms with E-state index in [4.69, 9.17) is 9.47 Å². The van der Waals surface area contributed by atoms with Crippen molar-refractivity contribution in [3.63, 3.8) is 0 Å². The fourth-order valence-corrected chi connectivity index (χ4v) is 2.74. The third-order valence-corrected chi connectivity index (χ3v) is 4.44. The highest BCUT2D eigenvalue weighted by atomic mass is 16.6. The second kappa shape index (κ2) is 7.07. The van der Waals surface area contributed by atoms with Crippen LogP contribution < -0.4 is 0 Å². The fraction of sp³-hybridized carbons (Fsp3) is 0.882. The lowest BCUT2D eigenvalue weighted by molar-refractivity contribution is -0.153. The Morgan fingerprint density at radius 3 is 2.30 bits per heavy atom. The number of nitrogens with zero attached hydrogens (tertiary/aromatic N) is 1. The van der Waals surface area contributed by atoms with Gasteiger partial charge in [-0.3, -0.25) is 4.79 Å². The molecule has 0 saturated carbocycles. The number of carboxylic acid groups (broad SMARTS) is 1. The Morgan fingerprint density at radius 2 is 1.83 bits per heavy atom. The second-order valence-electron chi connectivity index (χ2n) is 8.05. The number of amides is 1. The molecule has 0 aromatic rings. The number of piperidine rings is 1. The molecule has 1 rings (SSSR count). The van der Waals surface area contributed by atoms with Gasteiger partial charge in [0.15, 0.2) is 0 Å². The average Bonchev–Trinajstić information content (AvgIpc) is 2.43. The SMILES string of the molecule is COC(C)(C)CCC1(C(=O)O)CCCN(C(=O)OC(C)(C)C)C1. The number of carbonyl (C=O) groups is 2. The normalized spacial score (nSPS) is 22.8. The lowest BCUT2D eigenvalue weighted by Crippen LogP contribution is -2.51. The first kappa shape index (κ1) is 19.7. The van der Waals surface area contributed by atoms with Gasteiger partial charge in [0, 0.05) is 20.2 Å². The maximum Gasteiger partial charge on any atom is 0.410 e. The summed E-state index contributed by atoms with van der Waals surface area (Å²) in [6, 6.07) is 0. The van der Waals surface area contributed by atoms with Crippen molar-refractivity contribution < 1.29 is 24.2 Å². The van der Waals surface area contributed by atoms with Crippen LogP contribution in [0.4, 0.5) is 4.79 Å². The first-order chi connectivity index (χ1) is 10.4. The Hall–Kier alpha value is -1.30. The van der Waals surface area contributed by atoms with Crippen molar-refractivity contribution in [3.8, 4) is 0 Å². The molecule has 0 bridgehead atoms. The second-order valence-corrected chi connectivity index (χ2v) is 8.05. The molecule has 0 radical (unpaired) electrons. The fourth-order valence-electron chi connectivity index (χ4n) is 2.74. The molecular weight excluding hydrogens is 298 g/mol. The van der Waals surface area contributed by atoms with E-state index in [-0.39, 0.29) is 12.1 Å². The number of carboxylic acids is 1. The van der Waals surface area contributed by atoms with Gasteiger partial charge in [0.2, 0.25) is 0 Å². The van der Waals surface area contributed by atoms with Gasteiger partial charge in [-0.2, -0.15) is 0 Å². The van der Waals surface area contributed by atoms with Crippen LogP contribution in [0.2, 0.25) is 0 Å². The molecule has 23 heavy (non-hydrogen) atoms. The van der Waals surface area contributed by atoms with Crippen molar-refractivity contribution in [1.29, 1.82) is 0 Å². The van der Waals surface area contributed by atoms with Gasteiger partial charge in [0.25, 0.3) is 0 Å². The number of hydrogen-bond acceptors (Lipinski definition) is 4. The van der Waals surface area contributed by atoms with Crippen LogP contribution in [-0.2, 0) is 14.3 Å². The molecule has 1 N–H and O–H groups in total. The highest BCUT2D eigenvalue weighted by molar-refractivity contribution is 5.77. The summed E-state index contributed by atoms with van der Waals surface area (Å²) in [7, 11) is 1.63. The van der Waals surface area contributed by atoms with Crippen LogP contribution in [0.5, 0.6) is 0 Å². The van der Waals surface area contributed by atoms with Gasteiger partial charge in [-0.15, -0.1) is 0 Å². The maximum atomic E-state index is 12.3. The van der Waals surface area contributed by atoms with E-state index in [0.29, 0.717) is 32.2 Å². The van der Waals surface area contributed by atoms with Gasteiger partial charge in [0.1, 0.15) is 5.60 Å². The van der Waals surface area contributed by atoms with E-state index in [0.717, 1.165) is 0 Å². The minimum absolute atomic E-state index is 0.192. The molecule has 1 fully saturated rings. The molecule has 1 atom stereocenters. The Balaban J connectivity index is 2.84. The number of aliphatic carboxylic acids is 1. The summed E-state index contributed by atoms with van der Waals surface area (Å²) in [6.45, 7) is 10.0. The van der Waals surface area contributed by atoms with E-state index in [1.165, 1.54) is 4.90 Å². The van der Waals surface area contributed by atoms with E-state index in [1.807, 2.05) is 13.8 Å². The lowest BCUT2D eigenvalue weighted by Gasteiger charge is -2.41. The van der Waals surface area contributed by atoms with Crippen molar-refractivity contribution in [2.24, 2.45) is 5.41 Å². The number of methoxy groups -OCH3 is 1. The van der Waals surface area contributed by atoms with Gasteiger partial charge in [-0.05, 0) is 60.3 Å². The maximum absolute atomic E-state index is 12.3. The number of ether oxygens (including phenoxy) is 2. The summed E-state index contributed by atoms with van der Waals surface area (Å²) < 4.78 is 10.8. The quantitative estimate of drug-likeness (QED) is 0.837. The number of hydrogen-bond donors (Lipinski definition) is 1. The largest absolute Gasteiger partial charge is 0.481 e. The Bertz CT molecular complexity index is 441. The highest BCUT2D eigenvalue weighted by Gasteiger charge is 2.45. The zero-order valence-electron chi connectivity index (χ0n) is 15.3. The topological polar surface area (TPSA) is 76.1 Å². The van der Waals surface area contributed by atoms with E-state index in [1.54, 1.807) is 27.9 Å². The predicted octanol–water partition coefficient (Wildman–Crippen LogP) is 3.29. The first-order valence-corrected chi connectivity index (χ1v) is 8.17. The minimum Gasteiger partial charge on any atom is -0.481 e. The van der Waals surface area contributed by atoms with Crippen LogP contribution in [0.1, 0.15) is 60.3 Å². The van der Waals surface area contributed by atoms with Gasteiger partial charge in [-0.25, -0.2) is 4.79 Å². The smallest absolute Gasteiger partial charge is 0.410 e. The molecule has 0 aliphatic carbocycles. The zero-order chi connectivity index (χ0) is 17.9. The van der Waals surface area contributed by atoms with Crippen LogP contribution >= 0.6 is 0 Å². The van der Waals surface area contributed by atoms with E-state index >= 15 is 0 Å². The number of carbonyl (C=O) groups excluding carboxylic acids is 1. The standard InChI is InChI=1S/C17H31NO5/c1-15(2,3)23-14(21)18-11-7-8-17(12-18,13(19)20)10-9-16(4,5)22-6/h7-12H2,1-6H3,(H,19,20). The monoisotopic (exact) mass is 329 g/mol. The summed E-state index contributed by atoms with van der Waals surface area (Å²) in [6.07, 6.45) is 1.90. The third-order valence-electron chi connectivity index (χ3n) is 4.44. The summed E-state index contributed by atoms with van der Waals surface area (Å²) >= 11 is 0. The Morgan fingerprint density at radius 1 is 1.22 bits per heavy atom. The van der Waals surface area contributed by atoms with Crippen molar-refractivity contribution in [1.82, 2.24) is 4.90 Å². The molecule has 6 heteroatoms. The molecule has 1 saturated heterocycles. The first-order valence-electron chi connectivity index (χ1n) is 8.17. The molecule has 0 aromatic carbocycles. The minimum atomic E-state index is -0.926. The molecule has 1 unspecified atom stereocenters. The van der Waals surface area contributed by atoms with Crippen molar-refractivity contribution >= 4 is 12.1 Å². The van der Waals surface area contributed by atoms with E-state index < -0.39 is 23.1 Å². The van der Waals surface area contributed by atoms with E-state index in [9.17, 15) is 14.7 Å². The Kier molecular flexibility index (Phi) is 6.07. The average molecular weight is 329 g/mol. The van der Waals surface area contributed by atoms with Crippen LogP contribution in [0.15, 0.2) is 0 Å². The molecule has 1 aliphatic heterocycles. The van der Waals surface area contributed by atoms with E-state index in [2.05, 4.69) is 0 Å². The summed E-state index contributed by atoms with van der Waals surface area (Å²) in [5.41, 5.74) is -1.89. The molecule has 1 aliphatic rings. The molecule has 134 valence electrons. The summed E-state index contributed by atoms with van der Waals surface area (Å²) in [4.78, 5) is 25.7. The molecule has 0 aromatic heterocycles. The van der Waals surface area contributed by atoms with Gasteiger partial charge in [0.05, 0.1) is 11.0 Å². The van der Waals surface area contributed by atoms with Crippen molar-refractivity contribution in [2.75, 3.05) is 20.2 Å². The van der Waals surface area contributed by atoms with Gasteiger partial charge >= 0.3 is 12.1 Å². The molecule has 1 amide bonds. The zero-order valence-corrected chi connectivity index (χ0v) is 15.3. The lowest BCUT2D eigenvalue weighted by atomic mass is 9.74. The van der Waals surface area contributed by atoms with Gasteiger partial charge in [-0.1, -0.05) is 0 Å². The number of likely N-dealkylation sites (tertiary alicyclic amines) is 1. The molecular formula is C17H31NO5. The molecule has 6 nitrogen and oxygen atoms in total. The van der Waals surface area contributed by atoms with Gasteiger partial charge < -0.3 is 19.5 Å². The Labute approximate surface area is 139 Å². The third kappa shape index (κ3) is 5.68. The van der Waals surface area contributed by atoms with Crippen LogP contribution in [0, 0.1) is 5.41 Å². The van der Waals surface area contributed by atoms with Crippen LogP contribution in [0.3, 0.4) is 0 Å². The van der Waals surface area contributed by atoms with Crippen molar-refractivity contribution in [3.05, 3.63) is 0 Å². The van der Waals surface area contributed by atoms with Crippen LogP contribution in [-0.4, -0.2) is 53.5 Å². The van der Waals surface area contributed by atoms with Crippen LogP contribution in [0.25, 0.3) is 0 Å². The number of rotatable bonds is 5. The van der Waals surface area contributed by atoms with Crippen molar-refractivity contribution in [2.45, 2.75) is 71.5 Å². The molecule has 1 heterocycles. The molecule has 0 spiro atoms. The highest BCUT2D eigenvalue weighted by Crippen LogP contribution is 2.37. The summed E-state index contributed by atoms with van der Waals surface area (Å²) in [5.74, 6) is -0.849. The predicted molar refractivity (Wildman–Crippen MR) is 87.4 cm³/mol.